The summed E-state index contributed by atoms with van der Waals surface area (Å²) in [5.41, 5.74) is 3.12. The van der Waals surface area contributed by atoms with E-state index in [9.17, 15) is 9.90 Å². The highest BCUT2D eigenvalue weighted by atomic mass is 16.3. The number of aryl methyl sites for hydroxylation is 1. The number of amides is 1. The van der Waals surface area contributed by atoms with Crippen molar-refractivity contribution in [3.63, 3.8) is 0 Å². The molecule has 0 radical (unpaired) electrons. The lowest BCUT2D eigenvalue weighted by atomic mass is 9.96. The van der Waals surface area contributed by atoms with E-state index in [2.05, 4.69) is 25.2 Å². The highest BCUT2D eigenvalue weighted by Gasteiger charge is 2.21. The third-order valence-corrected chi connectivity index (χ3v) is 3.96. The second-order valence-electron chi connectivity index (χ2n) is 6.08. The van der Waals surface area contributed by atoms with Gasteiger partial charge in [-0.15, -0.1) is 0 Å². The van der Waals surface area contributed by atoms with Crippen LogP contribution in [0.3, 0.4) is 0 Å². The molecule has 0 fully saturated rings. The fourth-order valence-electron chi connectivity index (χ4n) is 2.83. The number of hydrogen-bond donors (Lipinski definition) is 2. The molecule has 1 amide bonds. The summed E-state index contributed by atoms with van der Waals surface area (Å²) in [6.07, 6.45) is 2.22. The van der Waals surface area contributed by atoms with Gasteiger partial charge in [0.15, 0.2) is 0 Å². The van der Waals surface area contributed by atoms with Crippen LogP contribution in [0.1, 0.15) is 50.8 Å². The third-order valence-electron chi connectivity index (χ3n) is 3.96. The Morgan fingerprint density at radius 1 is 1.43 bits per heavy atom. The fraction of sp³-hybridized carbons (Fsp3) is 0.588. The quantitative estimate of drug-likeness (QED) is 0.875. The van der Waals surface area contributed by atoms with Gasteiger partial charge in [0.1, 0.15) is 0 Å². The second-order valence-corrected chi connectivity index (χ2v) is 6.08. The zero-order chi connectivity index (χ0) is 15.4. The fourth-order valence-corrected chi connectivity index (χ4v) is 2.83. The highest BCUT2D eigenvalue weighted by molar-refractivity contribution is 5.92. The van der Waals surface area contributed by atoms with Gasteiger partial charge in [-0.2, -0.15) is 0 Å². The summed E-state index contributed by atoms with van der Waals surface area (Å²) in [6.45, 7) is 7.40. The molecule has 1 aromatic rings. The molecule has 0 saturated carbocycles. The predicted octanol–water partition coefficient (Wildman–Crippen LogP) is 2.41. The van der Waals surface area contributed by atoms with Crippen LogP contribution in [0.4, 0.5) is 5.69 Å². The Labute approximate surface area is 127 Å². The van der Waals surface area contributed by atoms with Gasteiger partial charge in [0.2, 0.25) is 5.91 Å². The van der Waals surface area contributed by atoms with Crippen LogP contribution in [0.25, 0.3) is 0 Å². The third kappa shape index (κ3) is 4.05. The van der Waals surface area contributed by atoms with Crippen LogP contribution < -0.4 is 10.2 Å². The number of aliphatic hydroxyl groups excluding tert-OH is 1. The first-order valence-corrected chi connectivity index (χ1v) is 7.81. The smallest absolute Gasteiger partial charge is 0.223 e. The zero-order valence-corrected chi connectivity index (χ0v) is 13.2. The second kappa shape index (κ2) is 7.05. The molecule has 1 aromatic carbocycles. The summed E-state index contributed by atoms with van der Waals surface area (Å²) in [4.78, 5) is 13.5. The topological polar surface area (TPSA) is 52.6 Å². The zero-order valence-electron chi connectivity index (χ0n) is 13.2. The van der Waals surface area contributed by atoms with Gasteiger partial charge in [-0.3, -0.25) is 4.79 Å². The monoisotopic (exact) mass is 290 g/mol. The molecule has 0 aliphatic carbocycles. The number of hydrogen-bond acceptors (Lipinski definition) is 3. The van der Waals surface area contributed by atoms with Gasteiger partial charge in [-0.1, -0.05) is 26.0 Å². The number of nitrogens with one attached hydrogen (secondary N) is 1. The van der Waals surface area contributed by atoms with Crippen molar-refractivity contribution in [2.75, 3.05) is 18.0 Å². The number of nitrogens with zero attached hydrogens (tertiary/aromatic N) is 1. The van der Waals surface area contributed by atoms with E-state index in [1.807, 2.05) is 17.0 Å². The van der Waals surface area contributed by atoms with Gasteiger partial charge < -0.3 is 15.3 Å². The van der Waals surface area contributed by atoms with E-state index in [0.29, 0.717) is 12.5 Å². The molecule has 0 aromatic heterocycles. The lowest BCUT2D eigenvalue weighted by molar-refractivity contribution is -0.116. The van der Waals surface area contributed by atoms with Gasteiger partial charge in [0.05, 0.1) is 6.10 Å². The van der Waals surface area contributed by atoms with Gasteiger partial charge in [0.25, 0.3) is 0 Å². The van der Waals surface area contributed by atoms with Crippen molar-refractivity contribution >= 4 is 11.6 Å². The Balaban J connectivity index is 2.08. The SMILES string of the molecule is CC(=O)N1CCCc2cc(C(O)CCNC(C)C)ccc21. The molecule has 0 spiro atoms. The summed E-state index contributed by atoms with van der Waals surface area (Å²) in [5.74, 6) is 0.0883. The van der Waals surface area contributed by atoms with E-state index in [1.54, 1.807) is 6.92 Å². The molecule has 0 saturated heterocycles. The average molecular weight is 290 g/mol. The van der Waals surface area contributed by atoms with Crippen LogP contribution in [0.2, 0.25) is 0 Å². The van der Waals surface area contributed by atoms with E-state index in [1.165, 1.54) is 5.56 Å². The molecule has 2 N–H and O–H groups in total. The van der Waals surface area contributed by atoms with Gasteiger partial charge in [-0.05, 0) is 43.0 Å². The molecule has 116 valence electrons. The molecule has 1 atom stereocenters. The Bertz CT molecular complexity index is 500. The van der Waals surface area contributed by atoms with E-state index in [4.69, 9.17) is 0 Å². The van der Waals surface area contributed by atoms with Crippen LogP contribution in [-0.4, -0.2) is 30.1 Å². The molecule has 21 heavy (non-hydrogen) atoms. The molecule has 4 heteroatoms. The summed E-state index contributed by atoms with van der Waals surface area (Å²) in [7, 11) is 0. The number of carbonyl (C=O) groups is 1. The normalized spacial score (nSPS) is 16.0. The molecular formula is C17H26N2O2. The van der Waals surface area contributed by atoms with Crippen molar-refractivity contribution in [3.8, 4) is 0 Å². The first-order valence-electron chi connectivity index (χ1n) is 7.81. The maximum atomic E-state index is 11.7. The van der Waals surface area contributed by atoms with Crippen molar-refractivity contribution in [1.82, 2.24) is 5.32 Å². The van der Waals surface area contributed by atoms with Crippen molar-refractivity contribution in [2.45, 2.75) is 52.2 Å². The van der Waals surface area contributed by atoms with E-state index >= 15 is 0 Å². The summed E-state index contributed by atoms with van der Waals surface area (Å²) >= 11 is 0. The first kappa shape index (κ1) is 16.0. The van der Waals surface area contributed by atoms with Gasteiger partial charge in [-0.25, -0.2) is 0 Å². The number of aliphatic hydroxyl groups is 1. The standard InChI is InChI=1S/C17H26N2O2/c1-12(2)18-9-8-17(21)15-6-7-16-14(11-15)5-4-10-19(16)13(3)20/h6-7,11-12,17-18,21H,4-5,8-10H2,1-3H3. The highest BCUT2D eigenvalue weighted by Crippen LogP contribution is 2.30. The minimum absolute atomic E-state index is 0.0883. The van der Waals surface area contributed by atoms with Gasteiger partial charge in [0, 0.05) is 25.2 Å². The maximum absolute atomic E-state index is 11.7. The van der Waals surface area contributed by atoms with Gasteiger partial charge >= 0.3 is 0 Å². The van der Waals surface area contributed by atoms with Crippen LogP contribution in [0, 0.1) is 0 Å². The Morgan fingerprint density at radius 3 is 2.86 bits per heavy atom. The summed E-state index contributed by atoms with van der Waals surface area (Å²) in [6, 6.07) is 6.42. The van der Waals surface area contributed by atoms with Crippen molar-refractivity contribution in [2.24, 2.45) is 0 Å². The summed E-state index contributed by atoms with van der Waals surface area (Å²) in [5, 5.41) is 13.6. The number of carbonyl (C=O) groups excluding carboxylic acids is 1. The number of fused-ring (bicyclic) bond motifs is 1. The van der Waals surface area contributed by atoms with E-state index in [-0.39, 0.29) is 5.91 Å². The molecule has 4 nitrogen and oxygen atoms in total. The minimum atomic E-state index is -0.450. The van der Waals surface area contributed by atoms with Crippen LogP contribution in [0.5, 0.6) is 0 Å². The Morgan fingerprint density at radius 2 is 2.19 bits per heavy atom. The van der Waals surface area contributed by atoms with Crippen molar-refractivity contribution < 1.29 is 9.90 Å². The van der Waals surface area contributed by atoms with Crippen LogP contribution >= 0.6 is 0 Å². The number of benzene rings is 1. The summed E-state index contributed by atoms with van der Waals surface area (Å²) < 4.78 is 0. The lowest BCUT2D eigenvalue weighted by Crippen LogP contribution is -2.33. The number of rotatable bonds is 5. The number of anilines is 1. The Hall–Kier alpha value is -1.39. The van der Waals surface area contributed by atoms with E-state index in [0.717, 1.165) is 37.2 Å². The molecule has 1 heterocycles. The first-order chi connectivity index (χ1) is 9.99. The van der Waals surface area contributed by atoms with Crippen LogP contribution in [-0.2, 0) is 11.2 Å². The Kier molecular flexibility index (Phi) is 5.37. The van der Waals surface area contributed by atoms with E-state index < -0.39 is 6.10 Å². The molecule has 1 aliphatic heterocycles. The molecule has 1 aliphatic rings. The molecule has 0 bridgehead atoms. The molecule has 1 unspecified atom stereocenters. The van der Waals surface area contributed by atoms with Crippen molar-refractivity contribution in [3.05, 3.63) is 29.3 Å². The molecule has 2 rings (SSSR count). The minimum Gasteiger partial charge on any atom is -0.388 e. The predicted molar refractivity (Wildman–Crippen MR) is 85.5 cm³/mol. The maximum Gasteiger partial charge on any atom is 0.223 e. The largest absolute Gasteiger partial charge is 0.388 e. The van der Waals surface area contributed by atoms with Crippen molar-refractivity contribution in [1.29, 1.82) is 0 Å². The lowest BCUT2D eigenvalue weighted by Gasteiger charge is -2.29. The average Bonchev–Trinajstić information content (AvgIpc) is 2.45. The molecular weight excluding hydrogens is 264 g/mol. The van der Waals surface area contributed by atoms with Crippen LogP contribution in [0.15, 0.2) is 18.2 Å².